The van der Waals surface area contributed by atoms with Gasteiger partial charge in [-0.1, -0.05) is 17.7 Å². The maximum atomic E-state index is 9.44. The van der Waals surface area contributed by atoms with Crippen LogP contribution in [-0.2, 0) is 0 Å². The van der Waals surface area contributed by atoms with Crippen molar-refractivity contribution >= 4 is 17.3 Å². The normalized spacial score (nSPS) is 16.8. The zero-order chi connectivity index (χ0) is 13.4. The summed E-state index contributed by atoms with van der Waals surface area (Å²) in [7, 11) is 0. The molecule has 1 aliphatic heterocycles. The largest absolute Gasteiger partial charge is 0.508 e. The van der Waals surface area contributed by atoms with Crippen molar-refractivity contribution < 1.29 is 9.84 Å². The monoisotopic (exact) mass is 275 g/mol. The summed E-state index contributed by atoms with van der Waals surface area (Å²) in [6.07, 6.45) is 0. The topological polar surface area (TPSA) is 41.5 Å². The maximum Gasteiger partial charge on any atom is 0.128 e. The Labute approximate surface area is 116 Å². The third-order valence-corrected chi connectivity index (χ3v) is 3.54. The Morgan fingerprint density at radius 1 is 1.26 bits per heavy atom. The van der Waals surface area contributed by atoms with E-state index in [4.69, 9.17) is 16.3 Å². The number of fused-ring (bicyclic) bond motifs is 1. The molecule has 2 N–H and O–H groups in total. The van der Waals surface area contributed by atoms with Gasteiger partial charge in [0.05, 0.1) is 6.04 Å². The number of hydrogen-bond acceptors (Lipinski definition) is 3. The number of ether oxygens (including phenoxy) is 1. The van der Waals surface area contributed by atoms with Crippen molar-refractivity contribution in [1.82, 2.24) is 0 Å². The second kappa shape index (κ2) is 4.67. The van der Waals surface area contributed by atoms with Crippen molar-refractivity contribution in [1.29, 1.82) is 0 Å². The summed E-state index contributed by atoms with van der Waals surface area (Å²) in [5, 5.41) is 13.6. The van der Waals surface area contributed by atoms with E-state index in [0.717, 1.165) is 22.6 Å². The van der Waals surface area contributed by atoms with Gasteiger partial charge in [0.2, 0.25) is 0 Å². The molecule has 19 heavy (non-hydrogen) atoms. The highest BCUT2D eigenvalue weighted by Gasteiger charge is 2.24. The van der Waals surface area contributed by atoms with E-state index in [-0.39, 0.29) is 11.8 Å². The van der Waals surface area contributed by atoms with Crippen LogP contribution in [0.15, 0.2) is 36.4 Å². The predicted molar refractivity (Wildman–Crippen MR) is 76.2 cm³/mol. The van der Waals surface area contributed by atoms with Crippen molar-refractivity contribution in [3.63, 3.8) is 0 Å². The van der Waals surface area contributed by atoms with Crippen LogP contribution in [0, 0.1) is 6.92 Å². The Kier molecular flexibility index (Phi) is 2.99. The number of hydrogen-bond donors (Lipinski definition) is 2. The predicted octanol–water partition coefficient (Wildman–Crippen LogP) is 3.90. The van der Waals surface area contributed by atoms with E-state index in [9.17, 15) is 5.11 Å². The summed E-state index contributed by atoms with van der Waals surface area (Å²) >= 11 is 6.02. The van der Waals surface area contributed by atoms with E-state index >= 15 is 0 Å². The third kappa shape index (κ3) is 2.34. The Balaban J connectivity index is 1.88. The molecule has 98 valence electrons. The minimum absolute atomic E-state index is 0.0766. The van der Waals surface area contributed by atoms with Crippen LogP contribution in [0.25, 0.3) is 0 Å². The van der Waals surface area contributed by atoms with Gasteiger partial charge in [0.1, 0.15) is 18.1 Å². The van der Waals surface area contributed by atoms with Gasteiger partial charge in [-0.2, -0.15) is 0 Å². The fourth-order valence-corrected chi connectivity index (χ4v) is 2.43. The molecule has 2 aromatic carbocycles. The summed E-state index contributed by atoms with van der Waals surface area (Å²) < 4.78 is 5.58. The molecule has 1 aliphatic rings. The van der Waals surface area contributed by atoms with Crippen molar-refractivity contribution in [2.24, 2.45) is 0 Å². The van der Waals surface area contributed by atoms with Crippen LogP contribution in [0.5, 0.6) is 11.5 Å². The number of phenolic OH excluding ortho intramolecular Hbond substituents is 1. The van der Waals surface area contributed by atoms with Gasteiger partial charge >= 0.3 is 0 Å². The molecule has 0 amide bonds. The van der Waals surface area contributed by atoms with Gasteiger partial charge in [0.25, 0.3) is 0 Å². The number of benzene rings is 2. The molecule has 0 bridgehead atoms. The van der Waals surface area contributed by atoms with E-state index in [0.29, 0.717) is 11.6 Å². The number of halogens is 1. The number of rotatable bonds is 2. The molecule has 4 heteroatoms. The summed E-state index contributed by atoms with van der Waals surface area (Å²) in [5.74, 6) is 0.954. The van der Waals surface area contributed by atoms with Crippen molar-refractivity contribution in [3.8, 4) is 11.5 Å². The summed E-state index contributed by atoms with van der Waals surface area (Å²) in [4.78, 5) is 0. The molecule has 1 atom stereocenters. The molecule has 0 saturated heterocycles. The SMILES string of the molecule is Cc1ccc(Cl)cc1NC1COc2cc(O)ccc21. The average molecular weight is 276 g/mol. The Morgan fingerprint density at radius 2 is 2.11 bits per heavy atom. The zero-order valence-corrected chi connectivity index (χ0v) is 11.2. The van der Waals surface area contributed by atoms with Crippen molar-refractivity contribution in [3.05, 3.63) is 52.5 Å². The summed E-state index contributed by atoms with van der Waals surface area (Å²) in [5.41, 5.74) is 3.19. The lowest BCUT2D eigenvalue weighted by Crippen LogP contribution is -2.12. The molecule has 1 heterocycles. The molecule has 3 nitrogen and oxygen atoms in total. The van der Waals surface area contributed by atoms with Crippen LogP contribution in [0.4, 0.5) is 5.69 Å². The second-order valence-electron chi connectivity index (χ2n) is 4.69. The summed E-state index contributed by atoms with van der Waals surface area (Å²) in [6.45, 7) is 2.58. The van der Waals surface area contributed by atoms with Crippen molar-refractivity contribution in [2.45, 2.75) is 13.0 Å². The van der Waals surface area contributed by atoms with Gasteiger partial charge < -0.3 is 15.2 Å². The van der Waals surface area contributed by atoms with E-state index in [1.54, 1.807) is 12.1 Å². The minimum atomic E-state index is 0.0766. The first kappa shape index (κ1) is 12.2. The first-order chi connectivity index (χ1) is 9.13. The average Bonchev–Trinajstić information content (AvgIpc) is 2.76. The molecule has 2 aromatic rings. The lowest BCUT2D eigenvalue weighted by atomic mass is 10.1. The van der Waals surface area contributed by atoms with Crippen LogP contribution in [0.1, 0.15) is 17.2 Å². The van der Waals surface area contributed by atoms with Crippen molar-refractivity contribution in [2.75, 3.05) is 11.9 Å². The minimum Gasteiger partial charge on any atom is -0.508 e. The number of aryl methyl sites for hydroxylation is 1. The van der Waals surface area contributed by atoms with Crippen LogP contribution in [0.2, 0.25) is 5.02 Å². The molecule has 0 saturated carbocycles. The van der Waals surface area contributed by atoms with Crippen LogP contribution < -0.4 is 10.1 Å². The molecule has 0 radical (unpaired) electrons. The highest BCUT2D eigenvalue weighted by atomic mass is 35.5. The zero-order valence-electron chi connectivity index (χ0n) is 10.5. The lowest BCUT2D eigenvalue weighted by molar-refractivity contribution is 0.338. The number of nitrogens with one attached hydrogen (secondary N) is 1. The van der Waals surface area contributed by atoms with Gasteiger partial charge in [0.15, 0.2) is 0 Å². The number of aromatic hydroxyl groups is 1. The molecule has 0 aliphatic carbocycles. The fraction of sp³-hybridized carbons (Fsp3) is 0.200. The molecule has 0 spiro atoms. The summed E-state index contributed by atoms with van der Waals surface area (Å²) in [6, 6.07) is 11.0. The smallest absolute Gasteiger partial charge is 0.128 e. The third-order valence-electron chi connectivity index (χ3n) is 3.31. The second-order valence-corrected chi connectivity index (χ2v) is 5.13. The Morgan fingerprint density at radius 3 is 2.95 bits per heavy atom. The van der Waals surface area contributed by atoms with E-state index in [1.165, 1.54) is 0 Å². The lowest BCUT2D eigenvalue weighted by Gasteiger charge is -2.15. The number of anilines is 1. The fourth-order valence-electron chi connectivity index (χ4n) is 2.26. The van der Waals surface area contributed by atoms with Crippen LogP contribution in [0.3, 0.4) is 0 Å². The van der Waals surface area contributed by atoms with Crippen LogP contribution >= 0.6 is 11.6 Å². The van der Waals surface area contributed by atoms with E-state index in [2.05, 4.69) is 5.32 Å². The van der Waals surface area contributed by atoms with Gasteiger partial charge in [-0.25, -0.2) is 0 Å². The Hall–Kier alpha value is -1.87. The molecular weight excluding hydrogens is 262 g/mol. The standard InChI is InChI=1S/C15H14ClNO2/c1-9-2-3-10(16)6-13(9)17-14-8-19-15-7-11(18)4-5-12(14)15/h2-7,14,17-18H,8H2,1H3. The molecule has 3 rings (SSSR count). The van der Waals surface area contributed by atoms with E-state index < -0.39 is 0 Å². The highest BCUT2D eigenvalue weighted by molar-refractivity contribution is 6.30. The maximum absolute atomic E-state index is 9.44. The Bertz CT molecular complexity index is 628. The first-order valence-corrected chi connectivity index (χ1v) is 6.50. The highest BCUT2D eigenvalue weighted by Crippen LogP contribution is 2.37. The van der Waals surface area contributed by atoms with Gasteiger partial charge in [-0.3, -0.25) is 0 Å². The van der Waals surface area contributed by atoms with Gasteiger partial charge in [-0.15, -0.1) is 0 Å². The van der Waals surface area contributed by atoms with Gasteiger partial charge in [0, 0.05) is 22.3 Å². The van der Waals surface area contributed by atoms with Gasteiger partial charge in [-0.05, 0) is 36.8 Å². The van der Waals surface area contributed by atoms with E-state index in [1.807, 2.05) is 31.2 Å². The quantitative estimate of drug-likeness (QED) is 0.873. The molecular formula is C15H14ClNO2. The van der Waals surface area contributed by atoms with Crippen LogP contribution in [-0.4, -0.2) is 11.7 Å². The molecule has 1 unspecified atom stereocenters. The molecule has 0 fully saturated rings. The first-order valence-electron chi connectivity index (χ1n) is 6.12. The number of phenols is 1. The molecule has 0 aromatic heterocycles.